The van der Waals surface area contributed by atoms with Gasteiger partial charge in [0.05, 0.1) is 5.92 Å². The number of rotatable bonds is 7. The quantitative estimate of drug-likeness (QED) is 0.560. The zero-order valence-corrected chi connectivity index (χ0v) is 20.0. The van der Waals surface area contributed by atoms with Crippen molar-refractivity contribution in [3.63, 3.8) is 0 Å². The van der Waals surface area contributed by atoms with Crippen molar-refractivity contribution in [3.8, 4) is 0 Å². The highest BCUT2D eigenvalue weighted by Gasteiger charge is 2.25. The van der Waals surface area contributed by atoms with Crippen LogP contribution in [0.2, 0.25) is 0 Å². The zero-order chi connectivity index (χ0) is 23.2. The van der Waals surface area contributed by atoms with E-state index in [1.54, 1.807) is 0 Å². The Bertz CT molecular complexity index is 1100. The molecule has 0 spiro atoms. The van der Waals surface area contributed by atoms with Gasteiger partial charge in [-0.3, -0.25) is 14.6 Å². The van der Waals surface area contributed by atoms with Crippen LogP contribution < -0.4 is 5.32 Å². The third kappa shape index (κ3) is 5.94. The Morgan fingerprint density at radius 1 is 0.794 bits per heavy atom. The molecule has 1 amide bonds. The Morgan fingerprint density at radius 3 is 2.41 bits per heavy atom. The van der Waals surface area contributed by atoms with Crippen LogP contribution in [-0.2, 0) is 37.4 Å². The van der Waals surface area contributed by atoms with E-state index in [-0.39, 0.29) is 11.8 Å². The fraction of sp³-hybridized carbons (Fsp3) is 0.367. The Hall–Kier alpha value is -2.95. The summed E-state index contributed by atoms with van der Waals surface area (Å²) in [6.45, 7) is 6.50. The van der Waals surface area contributed by atoms with Crippen LogP contribution in [0.15, 0.2) is 78.9 Å². The first kappa shape index (κ1) is 22.8. The van der Waals surface area contributed by atoms with Gasteiger partial charge in [-0.15, -0.1) is 0 Å². The summed E-state index contributed by atoms with van der Waals surface area (Å²) < 4.78 is 0. The van der Waals surface area contributed by atoms with E-state index in [4.69, 9.17) is 0 Å². The van der Waals surface area contributed by atoms with E-state index in [1.165, 1.54) is 27.8 Å². The Labute approximate surface area is 203 Å². The van der Waals surface area contributed by atoms with Gasteiger partial charge in [-0.2, -0.15) is 0 Å². The standard InChI is InChI=1S/C30H35N3O/c34-30(29-14-7-16-32(23-29)20-24-8-2-1-3-9-24)31-19-25-10-6-11-26(18-25)21-33-17-15-27-12-4-5-13-28(27)22-33/h1-6,8-13,18,29H,7,14-17,19-23H2,(H,31,34). The molecule has 0 bridgehead atoms. The number of nitrogens with zero attached hydrogens (tertiary/aromatic N) is 2. The second kappa shape index (κ2) is 11.0. The molecule has 0 aromatic heterocycles. The van der Waals surface area contributed by atoms with Crippen molar-refractivity contribution in [2.24, 2.45) is 5.92 Å². The van der Waals surface area contributed by atoms with Crippen molar-refractivity contribution in [2.75, 3.05) is 19.6 Å². The molecule has 1 fully saturated rings. The lowest BCUT2D eigenvalue weighted by Crippen LogP contribution is -2.42. The molecule has 4 heteroatoms. The number of hydrogen-bond donors (Lipinski definition) is 1. The van der Waals surface area contributed by atoms with Gasteiger partial charge in [0.15, 0.2) is 0 Å². The second-order valence-electron chi connectivity index (χ2n) is 9.83. The molecule has 34 heavy (non-hydrogen) atoms. The number of fused-ring (bicyclic) bond motifs is 1. The summed E-state index contributed by atoms with van der Waals surface area (Å²) in [4.78, 5) is 17.9. The monoisotopic (exact) mass is 453 g/mol. The fourth-order valence-corrected chi connectivity index (χ4v) is 5.37. The number of benzene rings is 3. The molecular formula is C30H35N3O. The largest absolute Gasteiger partial charge is 0.352 e. The van der Waals surface area contributed by atoms with Crippen LogP contribution in [0.5, 0.6) is 0 Å². The summed E-state index contributed by atoms with van der Waals surface area (Å²) in [7, 11) is 0. The van der Waals surface area contributed by atoms with Crippen molar-refractivity contribution >= 4 is 5.91 Å². The van der Waals surface area contributed by atoms with Gasteiger partial charge < -0.3 is 5.32 Å². The number of hydrogen-bond acceptors (Lipinski definition) is 3. The fourth-order valence-electron chi connectivity index (χ4n) is 5.37. The van der Waals surface area contributed by atoms with Gasteiger partial charge in [0.1, 0.15) is 0 Å². The summed E-state index contributed by atoms with van der Waals surface area (Å²) in [5.74, 6) is 0.268. The van der Waals surface area contributed by atoms with Gasteiger partial charge in [0.25, 0.3) is 0 Å². The molecule has 3 aromatic carbocycles. The molecule has 4 nitrogen and oxygen atoms in total. The number of piperidine rings is 1. The van der Waals surface area contributed by atoms with Crippen molar-refractivity contribution in [1.82, 2.24) is 15.1 Å². The summed E-state index contributed by atoms with van der Waals surface area (Å²) in [5, 5.41) is 3.22. The van der Waals surface area contributed by atoms with Crippen molar-refractivity contribution in [2.45, 2.75) is 45.4 Å². The SMILES string of the molecule is O=C(NCc1cccc(CN2CCc3ccccc3C2)c1)C1CCCN(Cc2ccccc2)C1. The van der Waals surface area contributed by atoms with Crippen LogP contribution in [0, 0.1) is 5.92 Å². The van der Waals surface area contributed by atoms with Crippen LogP contribution in [0.4, 0.5) is 0 Å². The average molecular weight is 454 g/mol. The first-order valence-electron chi connectivity index (χ1n) is 12.6. The summed E-state index contributed by atoms with van der Waals surface area (Å²) >= 11 is 0. The third-order valence-electron chi connectivity index (χ3n) is 7.20. The zero-order valence-electron chi connectivity index (χ0n) is 20.0. The average Bonchev–Trinajstić information content (AvgIpc) is 2.88. The molecule has 2 heterocycles. The molecule has 1 unspecified atom stereocenters. The predicted octanol–water partition coefficient (Wildman–Crippen LogP) is 4.77. The Kier molecular flexibility index (Phi) is 7.37. The number of carbonyl (C=O) groups excluding carboxylic acids is 1. The van der Waals surface area contributed by atoms with E-state index >= 15 is 0 Å². The van der Waals surface area contributed by atoms with E-state index in [1.807, 2.05) is 0 Å². The summed E-state index contributed by atoms with van der Waals surface area (Å²) in [6.07, 6.45) is 3.18. The molecule has 0 radical (unpaired) electrons. The van der Waals surface area contributed by atoms with Crippen LogP contribution in [0.25, 0.3) is 0 Å². The first-order chi connectivity index (χ1) is 16.7. The van der Waals surface area contributed by atoms with Crippen LogP contribution >= 0.6 is 0 Å². The molecule has 176 valence electrons. The molecule has 1 N–H and O–H groups in total. The van der Waals surface area contributed by atoms with Gasteiger partial charge in [0.2, 0.25) is 5.91 Å². The summed E-state index contributed by atoms with van der Waals surface area (Å²) in [6, 6.07) is 28.0. The van der Waals surface area contributed by atoms with E-state index in [2.05, 4.69) is 94.0 Å². The maximum Gasteiger partial charge on any atom is 0.224 e. The molecule has 3 aromatic rings. The molecule has 5 rings (SSSR count). The van der Waals surface area contributed by atoms with Gasteiger partial charge >= 0.3 is 0 Å². The highest BCUT2D eigenvalue weighted by Crippen LogP contribution is 2.21. The molecular weight excluding hydrogens is 418 g/mol. The Balaban J connectivity index is 1.12. The third-order valence-corrected chi connectivity index (χ3v) is 7.20. The van der Waals surface area contributed by atoms with Gasteiger partial charge in [-0.1, -0.05) is 78.9 Å². The first-order valence-corrected chi connectivity index (χ1v) is 12.6. The normalized spacial score (nSPS) is 18.9. The number of nitrogens with one attached hydrogen (secondary N) is 1. The minimum Gasteiger partial charge on any atom is -0.352 e. The maximum atomic E-state index is 12.9. The minimum absolute atomic E-state index is 0.0778. The van der Waals surface area contributed by atoms with Crippen LogP contribution in [-0.4, -0.2) is 35.3 Å². The number of carbonyl (C=O) groups is 1. The molecule has 1 saturated heterocycles. The van der Waals surface area contributed by atoms with E-state index in [0.717, 1.165) is 58.5 Å². The molecule has 0 saturated carbocycles. The van der Waals surface area contributed by atoms with E-state index in [9.17, 15) is 4.79 Å². The molecule has 2 aliphatic heterocycles. The maximum absolute atomic E-state index is 12.9. The predicted molar refractivity (Wildman–Crippen MR) is 137 cm³/mol. The lowest BCUT2D eigenvalue weighted by atomic mass is 9.96. The van der Waals surface area contributed by atoms with E-state index < -0.39 is 0 Å². The number of amides is 1. The molecule has 2 aliphatic rings. The van der Waals surface area contributed by atoms with Gasteiger partial charge in [-0.25, -0.2) is 0 Å². The topological polar surface area (TPSA) is 35.6 Å². The van der Waals surface area contributed by atoms with Gasteiger partial charge in [-0.05, 0) is 53.6 Å². The van der Waals surface area contributed by atoms with Gasteiger partial charge in [0, 0.05) is 39.3 Å². The minimum atomic E-state index is 0.0778. The highest BCUT2D eigenvalue weighted by atomic mass is 16.1. The van der Waals surface area contributed by atoms with Crippen LogP contribution in [0.3, 0.4) is 0 Å². The highest BCUT2D eigenvalue weighted by molar-refractivity contribution is 5.79. The van der Waals surface area contributed by atoms with Crippen molar-refractivity contribution in [3.05, 3.63) is 107 Å². The Morgan fingerprint density at radius 2 is 1.53 bits per heavy atom. The van der Waals surface area contributed by atoms with E-state index in [0.29, 0.717) is 6.54 Å². The lowest BCUT2D eigenvalue weighted by Gasteiger charge is -2.32. The summed E-state index contributed by atoms with van der Waals surface area (Å²) in [5.41, 5.74) is 6.75. The van der Waals surface area contributed by atoms with Crippen LogP contribution in [0.1, 0.15) is 40.7 Å². The van der Waals surface area contributed by atoms with Crippen molar-refractivity contribution in [1.29, 1.82) is 0 Å². The second-order valence-corrected chi connectivity index (χ2v) is 9.83. The lowest BCUT2D eigenvalue weighted by molar-refractivity contribution is -0.126. The smallest absolute Gasteiger partial charge is 0.224 e. The van der Waals surface area contributed by atoms with Crippen molar-refractivity contribution < 1.29 is 4.79 Å². The molecule has 0 aliphatic carbocycles. The number of likely N-dealkylation sites (tertiary alicyclic amines) is 1. The molecule has 1 atom stereocenters.